The minimum Gasteiger partial charge on any atom is -0.322 e. The van der Waals surface area contributed by atoms with Gasteiger partial charge in [0.05, 0.1) is 0 Å². The third-order valence-corrected chi connectivity index (χ3v) is 3.67. The predicted octanol–water partition coefficient (Wildman–Crippen LogP) is 3.90. The van der Waals surface area contributed by atoms with Gasteiger partial charge in [0.25, 0.3) is 11.8 Å². The lowest BCUT2D eigenvalue weighted by molar-refractivity contribution is 0.0967. The SMILES string of the molecule is O=C(NC1=CCCC=C1)c1cccc(C(=O)Nc2ccccc2)c1. The van der Waals surface area contributed by atoms with Crippen LogP contribution in [0.5, 0.6) is 0 Å². The number of amides is 2. The summed E-state index contributed by atoms with van der Waals surface area (Å²) in [6, 6.07) is 15.9. The maximum Gasteiger partial charge on any atom is 0.255 e. The highest BCUT2D eigenvalue weighted by molar-refractivity contribution is 6.06. The van der Waals surface area contributed by atoms with E-state index in [1.54, 1.807) is 24.3 Å². The van der Waals surface area contributed by atoms with Gasteiger partial charge in [-0.05, 0) is 49.2 Å². The molecule has 0 bridgehead atoms. The summed E-state index contributed by atoms with van der Waals surface area (Å²) in [7, 11) is 0. The Morgan fingerprint density at radius 2 is 1.50 bits per heavy atom. The quantitative estimate of drug-likeness (QED) is 0.898. The van der Waals surface area contributed by atoms with Crippen molar-refractivity contribution in [1.29, 1.82) is 0 Å². The molecule has 2 amide bonds. The summed E-state index contributed by atoms with van der Waals surface area (Å²) < 4.78 is 0. The van der Waals surface area contributed by atoms with Gasteiger partial charge in [0.2, 0.25) is 0 Å². The molecule has 24 heavy (non-hydrogen) atoms. The fourth-order valence-electron chi connectivity index (χ4n) is 2.44. The fraction of sp³-hybridized carbons (Fsp3) is 0.100. The summed E-state index contributed by atoms with van der Waals surface area (Å²) in [5, 5.41) is 5.67. The molecule has 0 heterocycles. The molecule has 1 aliphatic rings. The Balaban J connectivity index is 1.71. The Hall–Kier alpha value is -3.14. The minimum atomic E-state index is -0.243. The fourth-order valence-corrected chi connectivity index (χ4v) is 2.44. The number of benzene rings is 2. The molecular weight excluding hydrogens is 300 g/mol. The number of hydrogen-bond donors (Lipinski definition) is 2. The minimum absolute atomic E-state index is 0.220. The monoisotopic (exact) mass is 318 g/mol. The number of carbonyl (C=O) groups excluding carboxylic acids is 2. The third-order valence-electron chi connectivity index (χ3n) is 3.67. The number of carbonyl (C=O) groups is 2. The van der Waals surface area contributed by atoms with Crippen LogP contribution in [0.15, 0.2) is 78.5 Å². The van der Waals surface area contributed by atoms with Gasteiger partial charge >= 0.3 is 0 Å². The van der Waals surface area contributed by atoms with E-state index in [0.717, 1.165) is 24.2 Å². The van der Waals surface area contributed by atoms with Crippen LogP contribution in [0.3, 0.4) is 0 Å². The van der Waals surface area contributed by atoms with Gasteiger partial charge in [0.1, 0.15) is 0 Å². The maximum atomic E-state index is 12.3. The topological polar surface area (TPSA) is 58.2 Å². The van der Waals surface area contributed by atoms with Crippen molar-refractivity contribution in [3.05, 3.63) is 89.6 Å². The second-order valence-corrected chi connectivity index (χ2v) is 5.49. The van der Waals surface area contributed by atoms with Crippen molar-refractivity contribution in [2.45, 2.75) is 12.8 Å². The van der Waals surface area contributed by atoms with Crippen LogP contribution in [-0.2, 0) is 0 Å². The highest BCUT2D eigenvalue weighted by Gasteiger charge is 2.11. The van der Waals surface area contributed by atoms with Crippen molar-refractivity contribution in [1.82, 2.24) is 5.32 Å². The standard InChI is InChI=1S/C20H18N2O2/c23-19(21-17-10-3-1-4-11-17)15-8-7-9-16(14-15)20(24)22-18-12-5-2-6-13-18/h1,3-5,7-14H,2,6H2,(H,21,23)(H,22,24). The third kappa shape index (κ3) is 3.98. The average Bonchev–Trinajstić information content (AvgIpc) is 2.63. The molecule has 2 aromatic carbocycles. The maximum absolute atomic E-state index is 12.3. The normalized spacial score (nSPS) is 13.1. The summed E-state index contributed by atoms with van der Waals surface area (Å²) in [4.78, 5) is 24.6. The average molecular weight is 318 g/mol. The van der Waals surface area contributed by atoms with Gasteiger partial charge in [-0.2, -0.15) is 0 Å². The Bertz CT molecular complexity index is 807. The Kier molecular flexibility index (Phi) is 4.87. The highest BCUT2D eigenvalue weighted by Crippen LogP contribution is 2.12. The zero-order chi connectivity index (χ0) is 16.8. The Labute approximate surface area is 140 Å². The van der Waals surface area contributed by atoms with E-state index in [1.807, 2.05) is 48.6 Å². The van der Waals surface area contributed by atoms with Gasteiger partial charge < -0.3 is 10.6 Å². The molecule has 4 nitrogen and oxygen atoms in total. The van der Waals surface area contributed by atoms with Crippen molar-refractivity contribution in [3.8, 4) is 0 Å². The molecule has 0 fully saturated rings. The summed E-state index contributed by atoms with van der Waals surface area (Å²) in [5.74, 6) is -0.463. The zero-order valence-corrected chi connectivity index (χ0v) is 13.2. The molecule has 3 rings (SSSR count). The van der Waals surface area contributed by atoms with Crippen LogP contribution < -0.4 is 10.6 Å². The van der Waals surface area contributed by atoms with Crippen molar-refractivity contribution in [2.75, 3.05) is 5.32 Å². The van der Waals surface area contributed by atoms with Crippen LogP contribution in [-0.4, -0.2) is 11.8 Å². The van der Waals surface area contributed by atoms with Crippen LogP contribution in [0.2, 0.25) is 0 Å². The van der Waals surface area contributed by atoms with Gasteiger partial charge in [-0.3, -0.25) is 9.59 Å². The molecule has 0 aromatic heterocycles. The van der Waals surface area contributed by atoms with E-state index in [9.17, 15) is 9.59 Å². The van der Waals surface area contributed by atoms with Crippen LogP contribution >= 0.6 is 0 Å². The van der Waals surface area contributed by atoms with E-state index in [4.69, 9.17) is 0 Å². The molecule has 2 aromatic rings. The first kappa shape index (κ1) is 15.7. The lowest BCUT2D eigenvalue weighted by atomic mass is 10.1. The number of hydrogen-bond acceptors (Lipinski definition) is 2. The smallest absolute Gasteiger partial charge is 0.255 e. The van der Waals surface area contributed by atoms with E-state index in [2.05, 4.69) is 10.6 Å². The number of allylic oxidation sites excluding steroid dienone is 3. The summed E-state index contributed by atoms with van der Waals surface area (Å²) in [6.45, 7) is 0. The number of nitrogens with one attached hydrogen (secondary N) is 2. The predicted molar refractivity (Wildman–Crippen MR) is 94.8 cm³/mol. The van der Waals surface area contributed by atoms with Crippen LogP contribution in [0, 0.1) is 0 Å². The van der Waals surface area contributed by atoms with Gasteiger partial charge in [0, 0.05) is 22.5 Å². The molecule has 0 aliphatic heterocycles. The van der Waals surface area contributed by atoms with E-state index in [-0.39, 0.29) is 11.8 Å². The molecule has 0 radical (unpaired) electrons. The van der Waals surface area contributed by atoms with Gasteiger partial charge in [-0.15, -0.1) is 0 Å². The first-order valence-electron chi connectivity index (χ1n) is 7.87. The molecule has 4 heteroatoms. The van der Waals surface area contributed by atoms with Crippen molar-refractivity contribution >= 4 is 17.5 Å². The lowest BCUT2D eigenvalue weighted by Crippen LogP contribution is -2.23. The molecular formula is C20H18N2O2. The summed E-state index contributed by atoms with van der Waals surface area (Å²) in [5.41, 5.74) is 2.41. The highest BCUT2D eigenvalue weighted by atomic mass is 16.2. The zero-order valence-electron chi connectivity index (χ0n) is 13.2. The van der Waals surface area contributed by atoms with Crippen LogP contribution in [0.4, 0.5) is 5.69 Å². The lowest BCUT2D eigenvalue weighted by Gasteiger charge is -2.10. The molecule has 0 saturated carbocycles. The second-order valence-electron chi connectivity index (χ2n) is 5.49. The number of anilines is 1. The Morgan fingerprint density at radius 3 is 2.17 bits per heavy atom. The molecule has 2 N–H and O–H groups in total. The van der Waals surface area contributed by atoms with Gasteiger partial charge in [-0.1, -0.05) is 36.4 Å². The molecule has 0 spiro atoms. The Morgan fingerprint density at radius 1 is 0.792 bits per heavy atom. The summed E-state index contributed by atoms with van der Waals surface area (Å²) >= 11 is 0. The van der Waals surface area contributed by atoms with Crippen molar-refractivity contribution in [3.63, 3.8) is 0 Å². The molecule has 0 saturated heterocycles. The molecule has 0 unspecified atom stereocenters. The molecule has 0 atom stereocenters. The van der Waals surface area contributed by atoms with E-state index >= 15 is 0 Å². The van der Waals surface area contributed by atoms with Gasteiger partial charge in [-0.25, -0.2) is 0 Å². The largest absolute Gasteiger partial charge is 0.322 e. The van der Waals surface area contributed by atoms with Crippen molar-refractivity contribution in [2.24, 2.45) is 0 Å². The molecule has 1 aliphatic carbocycles. The number of para-hydroxylation sites is 1. The van der Waals surface area contributed by atoms with Gasteiger partial charge in [0.15, 0.2) is 0 Å². The second kappa shape index (κ2) is 7.42. The van der Waals surface area contributed by atoms with E-state index < -0.39 is 0 Å². The number of rotatable bonds is 4. The molecule has 120 valence electrons. The van der Waals surface area contributed by atoms with Crippen LogP contribution in [0.25, 0.3) is 0 Å². The first-order chi connectivity index (χ1) is 11.7. The first-order valence-corrected chi connectivity index (χ1v) is 7.87. The van der Waals surface area contributed by atoms with Crippen LogP contribution in [0.1, 0.15) is 33.6 Å². The van der Waals surface area contributed by atoms with E-state index in [1.165, 1.54) is 0 Å². The van der Waals surface area contributed by atoms with E-state index in [0.29, 0.717) is 11.1 Å². The summed E-state index contributed by atoms with van der Waals surface area (Å²) in [6.07, 6.45) is 7.83. The van der Waals surface area contributed by atoms with Crippen molar-refractivity contribution < 1.29 is 9.59 Å².